The second kappa shape index (κ2) is 7.01. The highest BCUT2D eigenvalue weighted by atomic mass is 16.6. The van der Waals surface area contributed by atoms with Crippen LogP contribution in [0.15, 0.2) is 12.1 Å². The largest absolute Gasteiger partial charge is 0.444 e. The zero-order valence-corrected chi connectivity index (χ0v) is 18.5. The van der Waals surface area contributed by atoms with Crippen molar-refractivity contribution in [1.29, 1.82) is 0 Å². The van der Waals surface area contributed by atoms with E-state index in [-0.39, 0.29) is 12.1 Å². The lowest BCUT2D eigenvalue weighted by molar-refractivity contribution is -0.133. The van der Waals surface area contributed by atoms with Crippen molar-refractivity contribution in [2.45, 2.75) is 89.7 Å². The Labute approximate surface area is 178 Å². The van der Waals surface area contributed by atoms with Crippen molar-refractivity contribution in [3.05, 3.63) is 17.8 Å². The van der Waals surface area contributed by atoms with Gasteiger partial charge < -0.3 is 25.0 Å². The smallest absolute Gasteiger partial charge is 0.407 e. The summed E-state index contributed by atoms with van der Waals surface area (Å²) in [6.45, 7) is 9.68. The summed E-state index contributed by atoms with van der Waals surface area (Å²) in [4.78, 5) is 19.1. The van der Waals surface area contributed by atoms with Gasteiger partial charge in [-0.3, -0.25) is 0 Å². The van der Waals surface area contributed by atoms with Gasteiger partial charge in [-0.2, -0.15) is 0 Å². The Bertz CT molecular complexity index is 806. The van der Waals surface area contributed by atoms with E-state index < -0.39 is 5.60 Å². The number of rotatable bonds is 4. The Morgan fingerprint density at radius 2 is 1.80 bits per heavy atom. The standard InChI is InChI=1S/C23H34N4O3/c1-14-19(5-6-20(24-14)27-12-17-7-18(13-27)29-17)25-15-8-23(9-15)10-16(11-23)26-21(28)30-22(2,3)4/h5-6,15-18,25H,7-13H2,1-4H3,(H,26,28). The summed E-state index contributed by atoms with van der Waals surface area (Å²) in [6.07, 6.45) is 6.13. The molecule has 3 aliphatic heterocycles. The molecule has 2 bridgehead atoms. The summed E-state index contributed by atoms with van der Waals surface area (Å²) in [5.41, 5.74) is 2.15. The molecule has 2 aliphatic carbocycles. The van der Waals surface area contributed by atoms with Gasteiger partial charge in [0.05, 0.1) is 23.6 Å². The van der Waals surface area contributed by atoms with E-state index in [0.717, 1.165) is 56.0 Å². The fourth-order valence-electron chi connectivity index (χ4n) is 5.62. The lowest BCUT2D eigenvalue weighted by atomic mass is 9.52. The highest BCUT2D eigenvalue weighted by Crippen LogP contribution is 2.56. The zero-order valence-electron chi connectivity index (χ0n) is 18.5. The van der Waals surface area contributed by atoms with Crippen LogP contribution in [-0.4, -0.2) is 54.1 Å². The van der Waals surface area contributed by atoms with Gasteiger partial charge in [0.15, 0.2) is 0 Å². The second-order valence-corrected chi connectivity index (χ2v) is 10.8. The fraction of sp³-hybridized carbons (Fsp3) is 0.739. The lowest BCUT2D eigenvalue weighted by Gasteiger charge is -2.58. The van der Waals surface area contributed by atoms with Crippen molar-refractivity contribution in [1.82, 2.24) is 10.3 Å². The first kappa shape index (κ1) is 19.9. The molecule has 1 aromatic rings. The first-order valence-electron chi connectivity index (χ1n) is 11.3. The molecule has 0 radical (unpaired) electrons. The molecule has 3 saturated heterocycles. The summed E-state index contributed by atoms with van der Waals surface area (Å²) < 4.78 is 11.1. The first-order chi connectivity index (χ1) is 14.2. The van der Waals surface area contributed by atoms with E-state index in [1.807, 2.05) is 20.8 Å². The predicted molar refractivity (Wildman–Crippen MR) is 116 cm³/mol. The van der Waals surface area contributed by atoms with Crippen molar-refractivity contribution < 1.29 is 14.3 Å². The van der Waals surface area contributed by atoms with E-state index in [1.165, 1.54) is 6.42 Å². The minimum atomic E-state index is -0.444. The molecule has 2 N–H and O–H groups in total. The van der Waals surface area contributed by atoms with Crippen LogP contribution in [0.4, 0.5) is 16.3 Å². The molecule has 1 spiro atoms. The number of amides is 1. The number of alkyl carbamates (subject to hydrolysis) is 1. The van der Waals surface area contributed by atoms with Crippen molar-refractivity contribution in [3.8, 4) is 0 Å². The third-order valence-electron chi connectivity index (χ3n) is 6.95. The molecular weight excluding hydrogens is 380 g/mol. The lowest BCUT2D eigenvalue weighted by Crippen LogP contribution is -2.59. The number of nitrogens with one attached hydrogen (secondary N) is 2. The van der Waals surface area contributed by atoms with E-state index in [9.17, 15) is 4.79 Å². The molecule has 6 rings (SSSR count). The molecule has 164 valence electrons. The third-order valence-corrected chi connectivity index (χ3v) is 6.95. The summed E-state index contributed by atoms with van der Waals surface area (Å²) in [5.74, 6) is 1.07. The van der Waals surface area contributed by atoms with E-state index >= 15 is 0 Å². The number of pyridine rings is 1. The fourth-order valence-corrected chi connectivity index (χ4v) is 5.62. The minimum Gasteiger partial charge on any atom is -0.444 e. The Morgan fingerprint density at radius 1 is 1.17 bits per heavy atom. The second-order valence-electron chi connectivity index (χ2n) is 10.8. The average Bonchev–Trinajstić information content (AvgIpc) is 2.57. The van der Waals surface area contributed by atoms with Crippen LogP contribution in [0.3, 0.4) is 0 Å². The highest BCUT2D eigenvalue weighted by Gasteiger charge is 2.53. The number of nitrogens with zero attached hydrogens (tertiary/aromatic N) is 2. The van der Waals surface area contributed by atoms with E-state index in [2.05, 4.69) is 34.6 Å². The number of anilines is 2. The molecule has 5 fully saturated rings. The maximum atomic E-state index is 11.9. The number of hydrogen-bond donors (Lipinski definition) is 2. The Balaban J connectivity index is 1.08. The monoisotopic (exact) mass is 414 g/mol. The van der Waals surface area contributed by atoms with Crippen LogP contribution in [0.5, 0.6) is 0 Å². The Hall–Kier alpha value is -2.02. The molecular formula is C23H34N4O3. The van der Waals surface area contributed by atoms with Crippen LogP contribution in [0, 0.1) is 12.3 Å². The number of fused-ring (bicyclic) bond motifs is 2. The SMILES string of the molecule is Cc1nc(N2CC3CC(C2)O3)ccc1NC1CC2(CC(NC(=O)OC(C)(C)C)C2)C1. The zero-order chi connectivity index (χ0) is 21.1. The molecule has 30 heavy (non-hydrogen) atoms. The third kappa shape index (κ3) is 3.96. The number of aromatic nitrogens is 1. The van der Waals surface area contributed by atoms with Crippen molar-refractivity contribution >= 4 is 17.6 Å². The Morgan fingerprint density at radius 3 is 2.40 bits per heavy atom. The molecule has 2 atom stereocenters. The van der Waals surface area contributed by atoms with Crippen LogP contribution >= 0.6 is 0 Å². The van der Waals surface area contributed by atoms with E-state index in [4.69, 9.17) is 14.5 Å². The van der Waals surface area contributed by atoms with Gasteiger partial charge in [0.25, 0.3) is 0 Å². The minimum absolute atomic E-state index is 0.253. The molecule has 4 heterocycles. The topological polar surface area (TPSA) is 75.7 Å². The summed E-state index contributed by atoms with van der Waals surface area (Å²) in [7, 11) is 0. The van der Waals surface area contributed by atoms with Crippen LogP contribution < -0.4 is 15.5 Å². The highest BCUT2D eigenvalue weighted by molar-refractivity contribution is 5.68. The van der Waals surface area contributed by atoms with Gasteiger partial charge in [-0.05, 0) is 70.9 Å². The van der Waals surface area contributed by atoms with Crippen LogP contribution in [-0.2, 0) is 9.47 Å². The molecule has 1 amide bonds. The van der Waals surface area contributed by atoms with Crippen molar-refractivity contribution in [2.24, 2.45) is 5.41 Å². The maximum absolute atomic E-state index is 11.9. The van der Waals surface area contributed by atoms with Gasteiger partial charge in [-0.15, -0.1) is 0 Å². The van der Waals surface area contributed by atoms with Gasteiger partial charge in [0.1, 0.15) is 11.4 Å². The molecule has 2 unspecified atom stereocenters. The number of carbonyl (C=O) groups is 1. The summed E-state index contributed by atoms with van der Waals surface area (Å²) in [5, 5.41) is 6.70. The van der Waals surface area contributed by atoms with Crippen LogP contribution in [0.25, 0.3) is 0 Å². The van der Waals surface area contributed by atoms with E-state index in [1.54, 1.807) is 0 Å². The number of carbonyl (C=O) groups excluding carboxylic acids is 1. The first-order valence-corrected chi connectivity index (χ1v) is 11.3. The number of aryl methyl sites for hydroxylation is 1. The number of hydrogen-bond acceptors (Lipinski definition) is 6. The molecule has 1 aromatic heterocycles. The Kier molecular flexibility index (Phi) is 4.65. The van der Waals surface area contributed by atoms with Crippen LogP contribution in [0.2, 0.25) is 0 Å². The van der Waals surface area contributed by atoms with Crippen LogP contribution in [0.1, 0.15) is 58.6 Å². The molecule has 0 aromatic carbocycles. The molecule has 7 heteroatoms. The molecule has 7 nitrogen and oxygen atoms in total. The van der Waals surface area contributed by atoms with Crippen molar-refractivity contribution in [2.75, 3.05) is 23.3 Å². The van der Waals surface area contributed by atoms with Gasteiger partial charge in [0.2, 0.25) is 0 Å². The van der Waals surface area contributed by atoms with Gasteiger partial charge in [-0.1, -0.05) is 0 Å². The number of ether oxygens (including phenoxy) is 2. The number of morpholine rings is 1. The normalized spacial score (nSPS) is 34.5. The van der Waals surface area contributed by atoms with Crippen molar-refractivity contribution in [3.63, 3.8) is 0 Å². The summed E-state index contributed by atoms with van der Waals surface area (Å²) >= 11 is 0. The van der Waals surface area contributed by atoms with Gasteiger partial charge in [0, 0.05) is 31.6 Å². The molecule has 5 aliphatic rings. The predicted octanol–water partition coefficient (Wildman–Crippen LogP) is 3.62. The van der Waals surface area contributed by atoms with E-state index in [0.29, 0.717) is 23.7 Å². The van der Waals surface area contributed by atoms with Gasteiger partial charge in [-0.25, -0.2) is 9.78 Å². The van der Waals surface area contributed by atoms with Gasteiger partial charge >= 0.3 is 6.09 Å². The summed E-state index contributed by atoms with van der Waals surface area (Å²) in [6, 6.07) is 5.06. The average molecular weight is 415 g/mol. The maximum Gasteiger partial charge on any atom is 0.407 e. The quantitative estimate of drug-likeness (QED) is 0.784. The molecule has 2 saturated carbocycles. The number of piperidine rings is 1.